The molecular weight excluding hydrogens is 386 g/mol. The van der Waals surface area contributed by atoms with Gasteiger partial charge in [0.05, 0.1) is 5.60 Å². The predicted molar refractivity (Wildman–Crippen MR) is 109 cm³/mol. The van der Waals surface area contributed by atoms with Crippen LogP contribution in [-0.2, 0) is 10.3 Å². The van der Waals surface area contributed by atoms with Crippen LogP contribution >= 0.6 is 0 Å². The van der Waals surface area contributed by atoms with Crippen molar-refractivity contribution in [2.45, 2.75) is 63.0 Å². The Bertz CT molecular complexity index is 1180. The molecule has 1 saturated carbocycles. The van der Waals surface area contributed by atoms with Crippen LogP contribution in [0.2, 0.25) is 0 Å². The Balaban J connectivity index is 1.64. The summed E-state index contributed by atoms with van der Waals surface area (Å²) in [4.78, 5) is 26.4. The zero-order chi connectivity index (χ0) is 21.1. The fraction of sp³-hybridized carbons (Fsp3) is 0.500. The van der Waals surface area contributed by atoms with Crippen molar-refractivity contribution in [2.24, 2.45) is 0 Å². The van der Waals surface area contributed by atoms with Gasteiger partial charge in [0.1, 0.15) is 11.2 Å². The van der Waals surface area contributed by atoms with Crippen LogP contribution in [0.25, 0.3) is 10.9 Å². The van der Waals surface area contributed by atoms with Crippen LogP contribution in [0.3, 0.4) is 0 Å². The minimum absolute atomic E-state index is 0.162. The van der Waals surface area contributed by atoms with Crippen molar-refractivity contribution in [2.75, 3.05) is 6.61 Å². The van der Waals surface area contributed by atoms with E-state index in [1.54, 1.807) is 6.07 Å². The minimum atomic E-state index is -1.00. The lowest BCUT2D eigenvalue weighted by molar-refractivity contribution is -0.0592. The molecule has 2 aromatic heterocycles. The molecule has 2 aliphatic rings. The number of carbonyl (C=O) groups is 1. The van der Waals surface area contributed by atoms with Gasteiger partial charge in [-0.1, -0.05) is 11.2 Å². The van der Waals surface area contributed by atoms with Crippen LogP contribution in [-0.4, -0.2) is 38.0 Å². The van der Waals surface area contributed by atoms with Crippen molar-refractivity contribution < 1.29 is 19.2 Å². The number of carboxylic acids is 1. The van der Waals surface area contributed by atoms with Gasteiger partial charge in [0.15, 0.2) is 5.82 Å². The number of nitrogens with one attached hydrogen (secondary N) is 1. The fourth-order valence-electron chi connectivity index (χ4n) is 5.13. The molecular formula is C22H25N3O5. The number of benzene rings is 1. The molecule has 3 heterocycles. The van der Waals surface area contributed by atoms with E-state index >= 15 is 0 Å². The van der Waals surface area contributed by atoms with Crippen LogP contribution in [0.1, 0.15) is 73.7 Å². The van der Waals surface area contributed by atoms with Crippen molar-refractivity contribution in [1.29, 1.82) is 0 Å². The molecule has 3 aromatic rings. The van der Waals surface area contributed by atoms with Crippen LogP contribution in [0, 0.1) is 0 Å². The number of hydrogen-bond donors (Lipinski definition) is 2. The van der Waals surface area contributed by atoms with Gasteiger partial charge in [0, 0.05) is 17.5 Å². The Labute approximate surface area is 172 Å². The molecule has 8 nitrogen and oxygen atoms in total. The number of nitrogens with zero attached hydrogens (tertiary/aromatic N) is 2. The van der Waals surface area contributed by atoms with E-state index in [4.69, 9.17) is 9.26 Å². The first kappa shape index (κ1) is 19.1. The second kappa shape index (κ2) is 6.57. The van der Waals surface area contributed by atoms with Crippen molar-refractivity contribution in [3.63, 3.8) is 0 Å². The Kier molecular flexibility index (Phi) is 4.18. The number of hydrogen-bond acceptors (Lipinski definition) is 5. The quantitative estimate of drug-likeness (QED) is 0.678. The van der Waals surface area contributed by atoms with E-state index in [0.717, 1.165) is 36.8 Å². The van der Waals surface area contributed by atoms with E-state index in [1.807, 2.05) is 10.6 Å². The molecule has 1 aliphatic heterocycles. The van der Waals surface area contributed by atoms with Crippen molar-refractivity contribution in [1.82, 2.24) is 14.7 Å². The third-order valence-electron chi connectivity index (χ3n) is 6.70. The summed E-state index contributed by atoms with van der Waals surface area (Å²) in [6.45, 7) is 4.94. The largest absolute Gasteiger partial charge is 0.477 e. The van der Waals surface area contributed by atoms with Gasteiger partial charge in [-0.25, -0.2) is 9.59 Å². The lowest BCUT2D eigenvalue weighted by atomic mass is 9.75. The highest BCUT2D eigenvalue weighted by molar-refractivity contribution is 5.95. The van der Waals surface area contributed by atoms with Gasteiger partial charge in [-0.2, -0.15) is 0 Å². The van der Waals surface area contributed by atoms with Crippen LogP contribution < -0.4 is 5.76 Å². The van der Waals surface area contributed by atoms with Crippen LogP contribution in [0.5, 0.6) is 0 Å². The van der Waals surface area contributed by atoms with E-state index in [0.29, 0.717) is 24.6 Å². The molecule has 0 unspecified atom stereocenters. The standard InChI is InChI=1S/C22H25N3O5/c1-21(2)12-14(6-9-29-21)13-4-5-16-15(10-13)11-17(18(26)27)25(16)22(7-3-8-22)19-23-20(28)30-24-19/h4-5,10-11,14H,3,6-9,12H2,1-2H3,(H,26,27)(H,23,24,28)/t14-/m0/s1. The summed E-state index contributed by atoms with van der Waals surface area (Å²) in [5.74, 6) is -0.876. The molecule has 0 spiro atoms. The zero-order valence-corrected chi connectivity index (χ0v) is 17.1. The lowest BCUT2D eigenvalue weighted by Crippen LogP contribution is -2.44. The average Bonchev–Trinajstić information content (AvgIpc) is 3.24. The number of aromatic amines is 1. The smallest absolute Gasteiger partial charge is 0.438 e. The number of aromatic nitrogens is 3. The van der Waals surface area contributed by atoms with Gasteiger partial charge in [-0.3, -0.25) is 9.51 Å². The fourth-order valence-corrected chi connectivity index (χ4v) is 5.13. The molecule has 2 N–H and O–H groups in total. The van der Waals surface area contributed by atoms with E-state index in [9.17, 15) is 14.7 Å². The lowest BCUT2D eigenvalue weighted by Gasteiger charge is -2.42. The van der Waals surface area contributed by atoms with E-state index in [1.165, 1.54) is 5.56 Å². The number of fused-ring (bicyclic) bond motifs is 1. The SMILES string of the molecule is CC1(C)C[C@@H](c2ccc3c(c2)cc(C(=O)O)n3C2(c3noc(=O)[nH]3)CCC2)CCO1. The summed E-state index contributed by atoms with van der Waals surface area (Å²) in [6.07, 6.45) is 4.18. The molecule has 0 amide bonds. The summed E-state index contributed by atoms with van der Waals surface area (Å²) in [7, 11) is 0. The maximum Gasteiger partial charge on any atom is 0.438 e. The average molecular weight is 411 g/mol. The van der Waals surface area contributed by atoms with Gasteiger partial charge in [-0.15, -0.1) is 0 Å². The Hall–Kier alpha value is -2.87. The highest BCUT2D eigenvalue weighted by Gasteiger charge is 2.46. The highest BCUT2D eigenvalue weighted by atomic mass is 16.5. The van der Waals surface area contributed by atoms with Crippen molar-refractivity contribution >= 4 is 16.9 Å². The molecule has 5 rings (SSSR count). The third kappa shape index (κ3) is 2.89. The zero-order valence-electron chi connectivity index (χ0n) is 17.1. The maximum absolute atomic E-state index is 12.1. The van der Waals surface area contributed by atoms with Crippen LogP contribution in [0.15, 0.2) is 33.6 Å². The summed E-state index contributed by atoms with van der Waals surface area (Å²) in [6, 6.07) is 7.92. The first-order valence-corrected chi connectivity index (χ1v) is 10.4. The first-order chi connectivity index (χ1) is 14.3. The number of carboxylic acid groups (broad SMARTS) is 1. The molecule has 1 aliphatic carbocycles. The molecule has 1 atom stereocenters. The predicted octanol–water partition coefficient (Wildman–Crippen LogP) is 3.62. The topological polar surface area (TPSA) is 110 Å². The van der Waals surface area contributed by atoms with Gasteiger partial charge in [0.25, 0.3) is 0 Å². The monoisotopic (exact) mass is 411 g/mol. The van der Waals surface area contributed by atoms with E-state index in [-0.39, 0.29) is 11.3 Å². The number of ether oxygens (including phenoxy) is 1. The number of rotatable bonds is 4. The second-order valence-corrected chi connectivity index (χ2v) is 9.12. The molecule has 2 fully saturated rings. The van der Waals surface area contributed by atoms with Crippen molar-refractivity contribution in [3.05, 3.63) is 51.9 Å². The van der Waals surface area contributed by atoms with Crippen molar-refractivity contribution in [3.8, 4) is 0 Å². The Morgan fingerprint density at radius 2 is 2.10 bits per heavy atom. The molecule has 0 bridgehead atoms. The molecule has 30 heavy (non-hydrogen) atoms. The summed E-state index contributed by atoms with van der Waals surface area (Å²) < 4.78 is 12.4. The van der Waals surface area contributed by atoms with Gasteiger partial charge in [-0.05, 0) is 75.6 Å². The summed E-state index contributed by atoms with van der Waals surface area (Å²) >= 11 is 0. The van der Waals surface area contributed by atoms with E-state index in [2.05, 4.69) is 36.1 Å². The third-order valence-corrected chi connectivity index (χ3v) is 6.70. The first-order valence-electron chi connectivity index (χ1n) is 10.4. The Morgan fingerprint density at radius 1 is 1.30 bits per heavy atom. The van der Waals surface area contributed by atoms with Gasteiger partial charge in [0.2, 0.25) is 0 Å². The number of aromatic carboxylic acids is 1. The summed E-state index contributed by atoms with van der Waals surface area (Å²) in [5.41, 5.74) is 1.35. The number of H-pyrrole nitrogens is 1. The molecule has 158 valence electrons. The molecule has 0 radical (unpaired) electrons. The molecule has 1 saturated heterocycles. The molecule has 8 heteroatoms. The van der Waals surface area contributed by atoms with Gasteiger partial charge >= 0.3 is 11.7 Å². The van der Waals surface area contributed by atoms with E-state index < -0.39 is 17.3 Å². The Morgan fingerprint density at radius 3 is 2.70 bits per heavy atom. The second-order valence-electron chi connectivity index (χ2n) is 9.12. The van der Waals surface area contributed by atoms with Gasteiger partial charge < -0.3 is 14.4 Å². The normalized spacial score (nSPS) is 22.7. The maximum atomic E-state index is 12.1. The minimum Gasteiger partial charge on any atom is -0.477 e. The molecule has 1 aromatic carbocycles. The summed E-state index contributed by atoms with van der Waals surface area (Å²) in [5, 5.41) is 14.7. The van der Waals surface area contributed by atoms with Crippen LogP contribution in [0.4, 0.5) is 0 Å². The highest BCUT2D eigenvalue weighted by Crippen LogP contribution is 2.47.